The largest absolute Gasteiger partial charge is 0.493 e. The molecule has 3 aromatic rings. The Balaban J connectivity index is 1.45. The van der Waals surface area contributed by atoms with E-state index in [0.29, 0.717) is 43.3 Å². The number of carbonyl (C=O) groups is 3. The lowest BCUT2D eigenvalue weighted by molar-refractivity contribution is -0.136. The van der Waals surface area contributed by atoms with Gasteiger partial charge in [0.2, 0.25) is 0 Å². The summed E-state index contributed by atoms with van der Waals surface area (Å²) in [6.45, 7) is -0.434. The molecule has 0 N–H and O–H groups in total. The van der Waals surface area contributed by atoms with E-state index in [1.165, 1.54) is 42.0 Å². The second-order valence-electron chi connectivity index (χ2n) is 7.33. The molecule has 1 aliphatic rings. The highest BCUT2D eigenvalue weighted by molar-refractivity contribution is 8.27. The second kappa shape index (κ2) is 11.4. The van der Waals surface area contributed by atoms with Crippen LogP contribution in [0.25, 0.3) is 6.08 Å². The van der Waals surface area contributed by atoms with Crippen molar-refractivity contribution >= 4 is 69.8 Å². The van der Waals surface area contributed by atoms with E-state index in [0.717, 1.165) is 0 Å². The minimum atomic E-state index is -0.726. The molecule has 1 amide bonds. The minimum Gasteiger partial charge on any atom is -0.493 e. The van der Waals surface area contributed by atoms with Crippen molar-refractivity contribution in [1.29, 1.82) is 0 Å². The van der Waals surface area contributed by atoms with Crippen LogP contribution in [-0.2, 0) is 9.59 Å². The molecular formula is C26H18ClNO6S2. The first kappa shape index (κ1) is 25.4. The third-order valence-electron chi connectivity index (χ3n) is 4.97. The van der Waals surface area contributed by atoms with Gasteiger partial charge in [-0.3, -0.25) is 14.5 Å². The van der Waals surface area contributed by atoms with Crippen LogP contribution >= 0.6 is 35.6 Å². The molecule has 182 valence electrons. The summed E-state index contributed by atoms with van der Waals surface area (Å²) < 4.78 is 16.6. The molecule has 1 aliphatic heterocycles. The Morgan fingerprint density at radius 1 is 1.06 bits per heavy atom. The van der Waals surface area contributed by atoms with Crippen molar-refractivity contribution in [3.05, 3.63) is 87.8 Å². The molecule has 0 aliphatic carbocycles. The Labute approximate surface area is 221 Å². The lowest BCUT2D eigenvalue weighted by Gasteiger charge is -2.14. The smallest absolute Gasteiger partial charge is 0.349 e. The highest BCUT2D eigenvalue weighted by Crippen LogP contribution is 2.37. The van der Waals surface area contributed by atoms with Gasteiger partial charge in [-0.1, -0.05) is 59.8 Å². The SMILES string of the molecule is COc1cc(/C=C2\SC(=S)N(c3ccccc3)C2=O)ccc1OCC(=O)Oc1cc(Cl)ccc1C=O. The first-order valence-corrected chi connectivity index (χ1v) is 12.1. The molecule has 36 heavy (non-hydrogen) atoms. The molecule has 4 rings (SSSR count). The molecule has 1 heterocycles. The highest BCUT2D eigenvalue weighted by Gasteiger charge is 2.33. The minimum absolute atomic E-state index is 0.0428. The number of anilines is 1. The molecule has 7 nitrogen and oxygen atoms in total. The number of benzene rings is 3. The van der Waals surface area contributed by atoms with E-state index < -0.39 is 12.6 Å². The van der Waals surface area contributed by atoms with Crippen LogP contribution in [0.15, 0.2) is 71.6 Å². The summed E-state index contributed by atoms with van der Waals surface area (Å²) >= 11 is 12.5. The topological polar surface area (TPSA) is 82.1 Å². The molecule has 1 fully saturated rings. The number of thioether (sulfide) groups is 1. The molecule has 0 unspecified atom stereocenters. The second-order valence-corrected chi connectivity index (χ2v) is 9.44. The van der Waals surface area contributed by atoms with Gasteiger partial charge in [0.15, 0.2) is 28.7 Å². The van der Waals surface area contributed by atoms with Crippen molar-refractivity contribution in [1.82, 2.24) is 0 Å². The van der Waals surface area contributed by atoms with E-state index in [1.54, 1.807) is 24.3 Å². The first-order chi connectivity index (χ1) is 17.4. The van der Waals surface area contributed by atoms with Crippen LogP contribution in [0, 0.1) is 0 Å². The number of hydrogen-bond acceptors (Lipinski definition) is 8. The van der Waals surface area contributed by atoms with E-state index in [9.17, 15) is 14.4 Å². The number of para-hydroxylation sites is 1. The molecule has 0 saturated carbocycles. The van der Waals surface area contributed by atoms with Crippen molar-refractivity contribution in [3.8, 4) is 17.2 Å². The zero-order valence-electron chi connectivity index (χ0n) is 18.8. The standard InChI is InChI=1S/C26H18ClNO6S2/c1-32-22-11-16(12-23-25(31)28(26(35)36-23)19-5-3-2-4-6-19)7-10-20(22)33-15-24(30)34-21-13-18(27)9-8-17(21)14-29/h2-14H,15H2,1H3/b23-12-. The Morgan fingerprint density at radius 2 is 1.83 bits per heavy atom. The Morgan fingerprint density at radius 3 is 2.56 bits per heavy atom. The third-order valence-corrected chi connectivity index (χ3v) is 6.50. The van der Waals surface area contributed by atoms with Gasteiger partial charge < -0.3 is 14.2 Å². The number of methoxy groups -OCH3 is 1. The number of rotatable bonds is 8. The Bertz CT molecular complexity index is 1380. The lowest BCUT2D eigenvalue weighted by atomic mass is 10.2. The maximum atomic E-state index is 12.9. The van der Waals surface area contributed by atoms with Crippen LogP contribution < -0.4 is 19.1 Å². The fraction of sp³-hybridized carbons (Fsp3) is 0.0769. The van der Waals surface area contributed by atoms with Crippen LogP contribution in [-0.4, -0.2) is 36.2 Å². The number of carbonyl (C=O) groups excluding carboxylic acids is 3. The van der Waals surface area contributed by atoms with Crippen LogP contribution in [0.2, 0.25) is 5.02 Å². The van der Waals surface area contributed by atoms with Crippen molar-refractivity contribution in [2.24, 2.45) is 0 Å². The van der Waals surface area contributed by atoms with E-state index in [4.69, 9.17) is 38.0 Å². The number of esters is 1. The summed E-state index contributed by atoms with van der Waals surface area (Å²) in [6.07, 6.45) is 2.28. The van der Waals surface area contributed by atoms with E-state index in [2.05, 4.69) is 0 Å². The molecule has 0 aromatic heterocycles. The summed E-state index contributed by atoms with van der Waals surface area (Å²) in [4.78, 5) is 38.3. The number of halogens is 1. The van der Waals surface area contributed by atoms with E-state index in [1.807, 2.05) is 30.3 Å². The predicted octanol–water partition coefficient (Wildman–Crippen LogP) is 5.55. The Kier molecular flexibility index (Phi) is 8.04. The van der Waals surface area contributed by atoms with Gasteiger partial charge in [0.05, 0.1) is 23.3 Å². The normalized spacial score (nSPS) is 14.2. The van der Waals surface area contributed by atoms with Gasteiger partial charge in [0, 0.05) is 11.1 Å². The maximum Gasteiger partial charge on any atom is 0.349 e. The molecule has 0 bridgehead atoms. The lowest BCUT2D eigenvalue weighted by Crippen LogP contribution is -2.27. The van der Waals surface area contributed by atoms with Gasteiger partial charge in [0.1, 0.15) is 5.75 Å². The van der Waals surface area contributed by atoms with Crippen LogP contribution in [0.3, 0.4) is 0 Å². The quantitative estimate of drug-likeness (QED) is 0.121. The van der Waals surface area contributed by atoms with Crippen molar-refractivity contribution in [2.75, 3.05) is 18.6 Å². The highest BCUT2D eigenvalue weighted by atomic mass is 35.5. The zero-order valence-corrected chi connectivity index (χ0v) is 21.2. The van der Waals surface area contributed by atoms with Crippen molar-refractivity contribution in [2.45, 2.75) is 0 Å². The fourth-order valence-electron chi connectivity index (χ4n) is 3.29. The van der Waals surface area contributed by atoms with Gasteiger partial charge in [-0.25, -0.2) is 4.79 Å². The monoisotopic (exact) mass is 539 g/mol. The zero-order chi connectivity index (χ0) is 25.7. The summed E-state index contributed by atoms with van der Waals surface area (Å²) in [7, 11) is 1.46. The summed E-state index contributed by atoms with van der Waals surface area (Å²) in [5, 5.41) is 0.322. The van der Waals surface area contributed by atoms with E-state index in [-0.39, 0.29) is 17.2 Å². The maximum absolute atomic E-state index is 12.9. The predicted molar refractivity (Wildman–Crippen MR) is 143 cm³/mol. The molecule has 0 spiro atoms. The fourth-order valence-corrected chi connectivity index (χ4v) is 4.76. The van der Waals surface area contributed by atoms with Gasteiger partial charge in [0.25, 0.3) is 5.91 Å². The number of aldehydes is 1. The van der Waals surface area contributed by atoms with Gasteiger partial charge in [-0.2, -0.15) is 0 Å². The van der Waals surface area contributed by atoms with Gasteiger partial charge >= 0.3 is 5.97 Å². The summed E-state index contributed by atoms with van der Waals surface area (Å²) in [5.41, 5.74) is 1.58. The molecule has 0 atom stereocenters. The number of hydrogen-bond donors (Lipinski definition) is 0. The first-order valence-electron chi connectivity index (χ1n) is 10.5. The van der Waals surface area contributed by atoms with Crippen LogP contribution in [0.5, 0.6) is 17.2 Å². The molecular weight excluding hydrogens is 522 g/mol. The molecule has 3 aromatic carbocycles. The number of thiocarbonyl (C=S) groups is 1. The summed E-state index contributed by atoms with van der Waals surface area (Å²) in [5.74, 6) is -0.247. The molecule has 0 radical (unpaired) electrons. The van der Waals surface area contributed by atoms with Crippen molar-refractivity contribution < 1.29 is 28.6 Å². The number of amides is 1. The van der Waals surface area contributed by atoms with Gasteiger partial charge in [-0.05, 0) is 48.0 Å². The number of ether oxygens (including phenoxy) is 3. The summed E-state index contributed by atoms with van der Waals surface area (Å²) in [6, 6.07) is 18.5. The number of nitrogens with zero attached hydrogens (tertiary/aromatic N) is 1. The van der Waals surface area contributed by atoms with E-state index >= 15 is 0 Å². The Hall–Kier alpha value is -3.66. The van der Waals surface area contributed by atoms with Crippen LogP contribution in [0.1, 0.15) is 15.9 Å². The van der Waals surface area contributed by atoms with Crippen LogP contribution in [0.4, 0.5) is 5.69 Å². The third kappa shape index (κ3) is 5.76. The molecule has 1 saturated heterocycles. The van der Waals surface area contributed by atoms with Crippen molar-refractivity contribution in [3.63, 3.8) is 0 Å². The average Bonchev–Trinajstić information content (AvgIpc) is 3.16. The molecule has 10 heteroatoms. The van der Waals surface area contributed by atoms with Gasteiger partial charge in [-0.15, -0.1) is 0 Å². The average molecular weight is 540 g/mol.